The number of para-hydroxylation sites is 3. The molecule has 1 aliphatic rings. The van der Waals surface area contributed by atoms with E-state index in [0.717, 1.165) is 24.2 Å². The van der Waals surface area contributed by atoms with Crippen molar-refractivity contribution >= 4 is 17.5 Å². The number of amides is 1. The van der Waals surface area contributed by atoms with Gasteiger partial charge in [0.1, 0.15) is 23.9 Å². The molecule has 1 aromatic heterocycles. The highest BCUT2D eigenvalue weighted by Gasteiger charge is 2.35. The quantitative estimate of drug-likeness (QED) is 0.459. The molecule has 2 heterocycles. The maximum atomic E-state index is 13.7. The zero-order valence-corrected chi connectivity index (χ0v) is 19.2. The number of ether oxygens (including phenoxy) is 2. The molecular formula is C25H29N5O3. The fraction of sp³-hybridized carbons (Fsp3) is 0.320. The van der Waals surface area contributed by atoms with Gasteiger partial charge in [-0.05, 0) is 38.5 Å². The van der Waals surface area contributed by atoms with Crippen molar-refractivity contribution in [2.45, 2.75) is 39.7 Å². The summed E-state index contributed by atoms with van der Waals surface area (Å²) in [5, 5.41) is 10.7. The first kappa shape index (κ1) is 22.4. The highest BCUT2D eigenvalue weighted by Crippen LogP contribution is 2.39. The van der Waals surface area contributed by atoms with Crippen LogP contribution in [-0.4, -0.2) is 33.9 Å². The minimum absolute atomic E-state index is 0.248. The summed E-state index contributed by atoms with van der Waals surface area (Å²) in [6.07, 6.45) is 3.47. The first-order chi connectivity index (χ1) is 16.1. The number of hydrogen-bond donors (Lipinski definition) is 2. The van der Waals surface area contributed by atoms with E-state index in [0.29, 0.717) is 41.9 Å². The molecule has 1 aliphatic heterocycles. The second kappa shape index (κ2) is 10.2. The van der Waals surface area contributed by atoms with Crippen LogP contribution in [0.3, 0.4) is 0 Å². The Morgan fingerprint density at radius 3 is 2.64 bits per heavy atom. The number of aromatic nitrogens is 3. The molecular weight excluding hydrogens is 418 g/mol. The van der Waals surface area contributed by atoms with Crippen LogP contribution in [0.15, 0.2) is 66.1 Å². The Morgan fingerprint density at radius 1 is 1.09 bits per heavy atom. The lowest BCUT2D eigenvalue weighted by Crippen LogP contribution is -2.32. The van der Waals surface area contributed by atoms with Crippen molar-refractivity contribution in [1.29, 1.82) is 0 Å². The molecule has 1 unspecified atom stereocenters. The van der Waals surface area contributed by atoms with Crippen molar-refractivity contribution in [3.63, 3.8) is 0 Å². The van der Waals surface area contributed by atoms with Crippen LogP contribution in [-0.2, 0) is 4.79 Å². The average molecular weight is 448 g/mol. The SMILES string of the molecule is CCCCOc1ccccc1C1C(C(=O)Nc2ccccc2OCC)=C(C)Nc2ncnn21. The van der Waals surface area contributed by atoms with E-state index in [4.69, 9.17) is 9.47 Å². The zero-order chi connectivity index (χ0) is 23.2. The van der Waals surface area contributed by atoms with Gasteiger partial charge in [-0.25, -0.2) is 4.68 Å². The van der Waals surface area contributed by atoms with Gasteiger partial charge in [0.25, 0.3) is 5.91 Å². The van der Waals surface area contributed by atoms with Crippen LogP contribution in [0.1, 0.15) is 45.2 Å². The predicted molar refractivity (Wildman–Crippen MR) is 128 cm³/mol. The Bertz CT molecular complexity index is 1150. The molecule has 1 amide bonds. The molecule has 0 saturated carbocycles. The zero-order valence-electron chi connectivity index (χ0n) is 19.2. The van der Waals surface area contributed by atoms with Crippen molar-refractivity contribution in [3.05, 3.63) is 71.7 Å². The summed E-state index contributed by atoms with van der Waals surface area (Å²) < 4.78 is 13.5. The molecule has 0 bridgehead atoms. The fourth-order valence-electron chi connectivity index (χ4n) is 3.88. The summed E-state index contributed by atoms with van der Waals surface area (Å²) in [6, 6.07) is 14.7. The van der Waals surface area contributed by atoms with E-state index in [1.165, 1.54) is 6.33 Å². The lowest BCUT2D eigenvalue weighted by atomic mass is 9.94. The molecule has 0 radical (unpaired) electrons. The van der Waals surface area contributed by atoms with E-state index in [2.05, 4.69) is 27.6 Å². The molecule has 3 aromatic rings. The molecule has 0 fully saturated rings. The number of carbonyl (C=O) groups is 1. The third-order valence-electron chi connectivity index (χ3n) is 5.44. The van der Waals surface area contributed by atoms with E-state index >= 15 is 0 Å². The lowest BCUT2D eigenvalue weighted by molar-refractivity contribution is -0.113. The third kappa shape index (κ3) is 4.69. The normalized spacial score (nSPS) is 14.9. The average Bonchev–Trinajstić information content (AvgIpc) is 3.28. The van der Waals surface area contributed by atoms with E-state index < -0.39 is 6.04 Å². The van der Waals surface area contributed by atoms with E-state index in [9.17, 15) is 4.79 Å². The van der Waals surface area contributed by atoms with Gasteiger partial charge in [-0.1, -0.05) is 43.7 Å². The fourth-order valence-corrected chi connectivity index (χ4v) is 3.88. The van der Waals surface area contributed by atoms with E-state index in [-0.39, 0.29) is 5.91 Å². The first-order valence-electron chi connectivity index (χ1n) is 11.3. The van der Waals surface area contributed by atoms with Crippen molar-refractivity contribution in [2.75, 3.05) is 23.8 Å². The molecule has 33 heavy (non-hydrogen) atoms. The highest BCUT2D eigenvalue weighted by molar-refractivity contribution is 6.06. The number of anilines is 2. The van der Waals surface area contributed by atoms with Gasteiger partial charge in [-0.2, -0.15) is 10.1 Å². The van der Waals surface area contributed by atoms with Gasteiger partial charge in [0, 0.05) is 11.3 Å². The molecule has 8 heteroatoms. The molecule has 1 atom stereocenters. The minimum atomic E-state index is -0.499. The van der Waals surface area contributed by atoms with Crippen LogP contribution < -0.4 is 20.1 Å². The van der Waals surface area contributed by atoms with Crippen molar-refractivity contribution in [2.24, 2.45) is 0 Å². The standard InChI is InChI=1S/C25H29N5O3/c1-4-6-15-33-20-13-9-7-11-18(20)23-22(17(3)28-25-26-16-27-30(23)25)24(31)29-19-12-8-10-14-21(19)32-5-2/h7-14,16,23H,4-6,15H2,1-3H3,(H,29,31)(H,26,27,28). The summed E-state index contributed by atoms with van der Waals surface area (Å²) in [5.41, 5.74) is 2.70. The van der Waals surface area contributed by atoms with Crippen LogP contribution in [0.4, 0.5) is 11.6 Å². The van der Waals surface area contributed by atoms with Gasteiger partial charge in [0.05, 0.1) is 24.5 Å². The molecule has 172 valence electrons. The summed E-state index contributed by atoms with van der Waals surface area (Å²) in [7, 11) is 0. The molecule has 2 N–H and O–H groups in total. The number of rotatable bonds is 9. The Kier molecular flexibility index (Phi) is 6.92. The maximum absolute atomic E-state index is 13.7. The number of nitrogens with zero attached hydrogens (tertiary/aromatic N) is 3. The van der Waals surface area contributed by atoms with Crippen molar-refractivity contribution in [1.82, 2.24) is 14.8 Å². The second-order valence-electron chi connectivity index (χ2n) is 7.72. The van der Waals surface area contributed by atoms with Gasteiger partial charge in [0.15, 0.2) is 0 Å². The summed E-state index contributed by atoms with van der Waals surface area (Å²) in [6.45, 7) is 7.01. The minimum Gasteiger partial charge on any atom is -0.493 e. The maximum Gasteiger partial charge on any atom is 0.255 e. The van der Waals surface area contributed by atoms with Gasteiger partial charge < -0.3 is 20.1 Å². The second-order valence-corrected chi connectivity index (χ2v) is 7.72. The number of hydrogen-bond acceptors (Lipinski definition) is 6. The molecule has 4 rings (SSSR count). The smallest absolute Gasteiger partial charge is 0.255 e. The first-order valence-corrected chi connectivity index (χ1v) is 11.3. The molecule has 8 nitrogen and oxygen atoms in total. The Labute approximate surface area is 193 Å². The monoisotopic (exact) mass is 447 g/mol. The highest BCUT2D eigenvalue weighted by atomic mass is 16.5. The summed E-state index contributed by atoms with van der Waals surface area (Å²) in [5.74, 6) is 1.68. The van der Waals surface area contributed by atoms with Crippen molar-refractivity contribution < 1.29 is 14.3 Å². The largest absolute Gasteiger partial charge is 0.493 e. The van der Waals surface area contributed by atoms with Crippen LogP contribution in [0.5, 0.6) is 11.5 Å². The Morgan fingerprint density at radius 2 is 1.85 bits per heavy atom. The van der Waals surface area contributed by atoms with Gasteiger partial charge in [-0.3, -0.25) is 4.79 Å². The molecule has 0 saturated heterocycles. The number of allylic oxidation sites excluding steroid dienone is 1. The Balaban J connectivity index is 1.74. The predicted octanol–water partition coefficient (Wildman–Crippen LogP) is 4.78. The number of carbonyl (C=O) groups excluding carboxylic acids is 1. The summed E-state index contributed by atoms with van der Waals surface area (Å²) in [4.78, 5) is 18.0. The van der Waals surface area contributed by atoms with Gasteiger partial charge >= 0.3 is 0 Å². The number of unbranched alkanes of at least 4 members (excludes halogenated alkanes) is 1. The van der Waals surface area contributed by atoms with Crippen LogP contribution in [0.25, 0.3) is 0 Å². The van der Waals surface area contributed by atoms with Gasteiger partial charge in [-0.15, -0.1) is 0 Å². The van der Waals surface area contributed by atoms with E-state index in [1.54, 1.807) is 4.68 Å². The van der Waals surface area contributed by atoms with Crippen LogP contribution >= 0.6 is 0 Å². The van der Waals surface area contributed by atoms with Crippen LogP contribution in [0, 0.1) is 0 Å². The molecule has 2 aromatic carbocycles. The number of benzene rings is 2. The molecule has 0 spiro atoms. The lowest BCUT2D eigenvalue weighted by Gasteiger charge is -2.30. The summed E-state index contributed by atoms with van der Waals surface area (Å²) >= 11 is 0. The topological polar surface area (TPSA) is 90.3 Å². The van der Waals surface area contributed by atoms with Crippen molar-refractivity contribution in [3.8, 4) is 11.5 Å². The Hall–Kier alpha value is -3.81. The van der Waals surface area contributed by atoms with Crippen LogP contribution in [0.2, 0.25) is 0 Å². The number of fused-ring (bicyclic) bond motifs is 1. The molecule has 0 aliphatic carbocycles. The third-order valence-corrected chi connectivity index (χ3v) is 5.44. The number of nitrogens with one attached hydrogen (secondary N) is 2. The van der Waals surface area contributed by atoms with E-state index in [1.807, 2.05) is 62.4 Å². The van der Waals surface area contributed by atoms with Gasteiger partial charge in [0.2, 0.25) is 5.95 Å².